The maximum atomic E-state index is 12.5. The largest absolute Gasteiger partial charge is 0.481 e. The van der Waals surface area contributed by atoms with Crippen molar-refractivity contribution in [3.63, 3.8) is 0 Å². The Hall–Kier alpha value is -1.84. The maximum absolute atomic E-state index is 12.5. The van der Waals surface area contributed by atoms with Gasteiger partial charge in [-0.3, -0.25) is 9.59 Å². The molecule has 1 aromatic carbocycles. The van der Waals surface area contributed by atoms with E-state index in [4.69, 9.17) is 5.11 Å². The minimum Gasteiger partial charge on any atom is -0.481 e. The van der Waals surface area contributed by atoms with E-state index in [1.54, 1.807) is 0 Å². The first-order valence-electron chi connectivity index (χ1n) is 7.93. The molecule has 0 radical (unpaired) electrons. The summed E-state index contributed by atoms with van der Waals surface area (Å²) in [4.78, 5) is 25.2. The van der Waals surface area contributed by atoms with E-state index in [1.807, 2.05) is 23.1 Å². The van der Waals surface area contributed by atoms with Gasteiger partial charge in [0.05, 0.1) is 0 Å². The molecule has 1 aliphatic rings. The lowest BCUT2D eigenvalue weighted by atomic mass is 9.81. The number of benzene rings is 1. The van der Waals surface area contributed by atoms with Crippen molar-refractivity contribution < 1.29 is 14.7 Å². The van der Waals surface area contributed by atoms with Crippen LogP contribution in [0.5, 0.6) is 0 Å². The van der Waals surface area contributed by atoms with Crippen LogP contribution in [0.3, 0.4) is 0 Å². The number of nitrogens with zero attached hydrogens (tertiary/aromatic N) is 1. The molecule has 1 aromatic rings. The molecule has 1 aliphatic heterocycles. The van der Waals surface area contributed by atoms with E-state index in [0.717, 1.165) is 12.8 Å². The Kier molecular flexibility index (Phi) is 5.22. The summed E-state index contributed by atoms with van der Waals surface area (Å²) in [5.41, 5.74) is 0.986. The van der Waals surface area contributed by atoms with Crippen LogP contribution in [0.4, 0.5) is 0 Å². The van der Waals surface area contributed by atoms with Crippen LogP contribution >= 0.6 is 0 Å². The molecule has 1 N–H and O–H groups in total. The van der Waals surface area contributed by atoms with E-state index >= 15 is 0 Å². The highest BCUT2D eigenvalue weighted by molar-refractivity contribution is 5.78. The van der Waals surface area contributed by atoms with Crippen LogP contribution in [0.2, 0.25) is 0 Å². The average Bonchev–Trinajstić information content (AvgIpc) is 2.48. The first-order valence-corrected chi connectivity index (χ1v) is 7.93. The summed E-state index contributed by atoms with van der Waals surface area (Å²) in [7, 11) is 0. The highest BCUT2D eigenvalue weighted by atomic mass is 16.4. The molecule has 0 bridgehead atoms. The molecule has 0 unspecified atom stereocenters. The number of amides is 1. The third-order valence-corrected chi connectivity index (χ3v) is 4.58. The number of carbonyl (C=O) groups excluding carboxylic acids is 1. The van der Waals surface area contributed by atoms with Crippen molar-refractivity contribution in [2.45, 2.75) is 44.9 Å². The van der Waals surface area contributed by atoms with Gasteiger partial charge in [0.25, 0.3) is 0 Å². The SMILES string of the molecule is CC(C)(CC(=O)N1CCC(CC(=O)O)CC1)c1ccccc1. The molecule has 1 saturated heterocycles. The van der Waals surface area contributed by atoms with Gasteiger partial charge in [-0.15, -0.1) is 0 Å². The number of aliphatic carboxylic acids is 1. The second-order valence-corrected chi connectivity index (χ2v) is 6.85. The molecular formula is C18H25NO3. The highest BCUT2D eigenvalue weighted by Crippen LogP contribution is 2.29. The van der Waals surface area contributed by atoms with E-state index < -0.39 is 5.97 Å². The summed E-state index contributed by atoms with van der Waals surface area (Å²) in [6.07, 6.45) is 2.30. The van der Waals surface area contributed by atoms with Gasteiger partial charge < -0.3 is 10.0 Å². The number of carboxylic acid groups (broad SMARTS) is 1. The third-order valence-electron chi connectivity index (χ3n) is 4.58. The fourth-order valence-corrected chi connectivity index (χ4v) is 3.11. The molecule has 22 heavy (non-hydrogen) atoms. The van der Waals surface area contributed by atoms with Crippen molar-refractivity contribution in [2.75, 3.05) is 13.1 Å². The monoisotopic (exact) mass is 303 g/mol. The predicted octanol–water partition coefficient (Wildman–Crippen LogP) is 3.07. The number of hydrogen-bond donors (Lipinski definition) is 1. The first-order chi connectivity index (χ1) is 10.4. The van der Waals surface area contributed by atoms with Crippen LogP contribution in [0.25, 0.3) is 0 Å². The van der Waals surface area contributed by atoms with Gasteiger partial charge >= 0.3 is 5.97 Å². The number of likely N-dealkylation sites (tertiary alicyclic amines) is 1. The third kappa shape index (κ3) is 4.33. The van der Waals surface area contributed by atoms with E-state index in [-0.39, 0.29) is 23.7 Å². The van der Waals surface area contributed by atoms with Gasteiger partial charge in [-0.1, -0.05) is 44.2 Å². The van der Waals surface area contributed by atoms with Gasteiger partial charge in [-0.2, -0.15) is 0 Å². The molecule has 2 rings (SSSR count). The number of carbonyl (C=O) groups is 2. The quantitative estimate of drug-likeness (QED) is 0.909. The normalized spacial score (nSPS) is 16.5. The number of piperidine rings is 1. The fourth-order valence-electron chi connectivity index (χ4n) is 3.11. The number of hydrogen-bond acceptors (Lipinski definition) is 2. The van der Waals surface area contributed by atoms with Gasteiger partial charge in [0.15, 0.2) is 0 Å². The van der Waals surface area contributed by atoms with Gasteiger partial charge in [0.1, 0.15) is 0 Å². The molecule has 4 heteroatoms. The molecule has 1 fully saturated rings. The summed E-state index contributed by atoms with van der Waals surface area (Å²) in [5, 5.41) is 8.84. The summed E-state index contributed by atoms with van der Waals surface area (Å²) < 4.78 is 0. The Bertz CT molecular complexity index is 516. The van der Waals surface area contributed by atoms with Crippen LogP contribution in [0.1, 0.15) is 45.1 Å². The number of carboxylic acids is 1. The van der Waals surface area contributed by atoms with Gasteiger partial charge in [-0.05, 0) is 29.7 Å². The molecule has 0 atom stereocenters. The lowest BCUT2D eigenvalue weighted by molar-refractivity contribution is -0.138. The van der Waals surface area contributed by atoms with Crippen LogP contribution in [0.15, 0.2) is 30.3 Å². The molecule has 1 amide bonds. The Morgan fingerprint density at radius 2 is 1.77 bits per heavy atom. The van der Waals surface area contributed by atoms with E-state index in [1.165, 1.54) is 5.56 Å². The van der Waals surface area contributed by atoms with Gasteiger partial charge in [0.2, 0.25) is 5.91 Å². The average molecular weight is 303 g/mol. The van der Waals surface area contributed by atoms with Crippen molar-refractivity contribution in [3.05, 3.63) is 35.9 Å². The minimum absolute atomic E-state index is 0.169. The Morgan fingerprint density at radius 3 is 2.32 bits per heavy atom. The van der Waals surface area contributed by atoms with E-state index in [0.29, 0.717) is 19.5 Å². The van der Waals surface area contributed by atoms with Crippen molar-refractivity contribution in [1.82, 2.24) is 4.90 Å². The van der Waals surface area contributed by atoms with Crippen molar-refractivity contribution >= 4 is 11.9 Å². The molecule has 0 aromatic heterocycles. The Morgan fingerprint density at radius 1 is 1.18 bits per heavy atom. The zero-order valence-electron chi connectivity index (χ0n) is 13.4. The fraction of sp³-hybridized carbons (Fsp3) is 0.556. The lowest BCUT2D eigenvalue weighted by Crippen LogP contribution is -2.41. The van der Waals surface area contributed by atoms with Crippen LogP contribution in [-0.4, -0.2) is 35.0 Å². The molecule has 0 aliphatic carbocycles. The number of rotatable bonds is 5. The van der Waals surface area contributed by atoms with E-state index in [9.17, 15) is 9.59 Å². The molecule has 0 spiro atoms. The van der Waals surface area contributed by atoms with Crippen LogP contribution in [0, 0.1) is 5.92 Å². The zero-order chi connectivity index (χ0) is 16.2. The van der Waals surface area contributed by atoms with Crippen molar-refractivity contribution in [1.29, 1.82) is 0 Å². The van der Waals surface area contributed by atoms with E-state index in [2.05, 4.69) is 26.0 Å². The molecular weight excluding hydrogens is 278 g/mol. The van der Waals surface area contributed by atoms with Crippen LogP contribution < -0.4 is 0 Å². The molecule has 1 heterocycles. The minimum atomic E-state index is -0.741. The molecule has 4 nitrogen and oxygen atoms in total. The zero-order valence-corrected chi connectivity index (χ0v) is 13.4. The summed E-state index contributed by atoms with van der Waals surface area (Å²) in [6, 6.07) is 10.1. The lowest BCUT2D eigenvalue weighted by Gasteiger charge is -2.34. The summed E-state index contributed by atoms with van der Waals surface area (Å²) >= 11 is 0. The molecule has 0 saturated carbocycles. The van der Waals surface area contributed by atoms with Crippen molar-refractivity contribution in [2.24, 2.45) is 5.92 Å². The predicted molar refractivity (Wildman–Crippen MR) is 85.6 cm³/mol. The second-order valence-electron chi connectivity index (χ2n) is 6.85. The highest BCUT2D eigenvalue weighted by Gasteiger charge is 2.29. The van der Waals surface area contributed by atoms with Gasteiger partial charge in [0, 0.05) is 25.9 Å². The second kappa shape index (κ2) is 6.95. The summed E-state index contributed by atoms with van der Waals surface area (Å²) in [5.74, 6) is -0.360. The molecule has 120 valence electrons. The summed E-state index contributed by atoms with van der Waals surface area (Å²) in [6.45, 7) is 5.55. The maximum Gasteiger partial charge on any atom is 0.303 e. The standard InChI is InChI=1S/C18H25NO3/c1-18(2,15-6-4-3-5-7-15)13-16(20)19-10-8-14(9-11-19)12-17(21)22/h3-7,14H,8-13H2,1-2H3,(H,21,22). The topological polar surface area (TPSA) is 57.6 Å². The Balaban J connectivity index is 1.89. The first kappa shape index (κ1) is 16.5. The Labute approximate surface area is 132 Å². The van der Waals surface area contributed by atoms with Crippen LogP contribution in [-0.2, 0) is 15.0 Å². The van der Waals surface area contributed by atoms with Crippen molar-refractivity contribution in [3.8, 4) is 0 Å². The van der Waals surface area contributed by atoms with Gasteiger partial charge in [-0.25, -0.2) is 0 Å². The smallest absolute Gasteiger partial charge is 0.303 e.